The number of ketones is 1. The summed E-state index contributed by atoms with van der Waals surface area (Å²) in [5.41, 5.74) is 2.43. The second-order valence-electron chi connectivity index (χ2n) is 8.55. The summed E-state index contributed by atoms with van der Waals surface area (Å²) in [7, 11) is 1.65. The number of benzene rings is 1. The monoisotopic (exact) mass is 356 g/mol. The Morgan fingerprint density at radius 2 is 1.73 bits per heavy atom. The molecule has 2 heterocycles. The number of piperidine rings is 2. The fourth-order valence-corrected chi connectivity index (χ4v) is 5.02. The SMILES string of the molecule is COc1cc(N2CCC3(CC2)CCN(C2CCC2)CC3)ccc1C(C)=O. The molecule has 0 N–H and O–H groups in total. The van der Waals surface area contributed by atoms with Gasteiger partial charge in [0.1, 0.15) is 5.75 Å². The predicted octanol–water partition coefficient (Wildman–Crippen LogP) is 4.13. The third kappa shape index (κ3) is 3.36. The molecular weight excluding hydrogens is 324 g/mol. The highest BCUT2D eigenvalue weighted by atomic mass is 16.5. The van der Waals surface area contributed by atoms with Gasteiger partial charge in [0, 0.05) is 30.9 Å². The van der Waals surface area contributed by atoms with Crippen molar-refractivity contribution >= 4 is 11.5 Å². The van der Waals surface area contributed by atoms with Crippen molar-refractivity contribution in [1.82, 2.24) is 4.90 Å². The van der Waals surface area contributed by atoms with Crippen LogP contribution in [-0.2, 0) is 0 Å². The molecule has 1 aliphatic carbocycles. The third-order valence-electron chi connectivity index (χ3n) is 7.20. The molecule has 1 aromatic rings. The molecular formula is C22H32N2O2. The molecule has 0 aromatic heterocycles. The summed E-state index contributed by atoms with van der Waals surface area (Å²) in [6.45, 7) is 6.45. The van der Waals surface area contributed by atoms with Crippen LogP contribution in [0.2, 0.25) is 0 Å². The number of Topliss-reactive ketones (excluding diaryl/α,β-unsaturated/α-hetero) is 1. The molecule has 0 radical (unpaired) electrons. The van der Waals surface area contributed by atoms with Crippen molar-refractivity contribution in [1.29, 1.82) is 0 Å². The summed E-state index contributed by atoms with van der Waals surface area (Å²) in [5.74, 6) is 0.758. The Labute approximate surface area is 157 Å². The second-order valence-corrected chi connectivity index (χ2v) is 8.55. The lowest BCUT2D eigenvalue weighted by Crippen LogP contribution is -2.50. The van der Waals surface area contributed by atoms with Crippen LogP contribution in [0, 0.1) is 5.41 Å². The van der Waals surface area contributed by atoms with Gasteiger partial charge in [0.2, 0.25) is 0 Å². The molecule has 3 aliphatic rings. The van der Waals surface area contributed by atoms with Crippen LogP contribution in [0.4, 0.5) is 5.69 Å². The van der Waals surface area contributed by atoms with Gasteiger partial charge >= 0.3 is 0 Å². The van der Waals surface area contributed by atoms with Gasteiger partial charge in [0.25, 0.3) is 0 Å². The van der Waals surface area contributed by atoms with Gasteiger partial charge in [-0.3, -0.25) is 4.79 Å². The highest BCUT2D eigenvalue weighted by molar-refractivity contribution is 5.97. The number of rotatable bonds is 4. The number of hydrogen-bond acceptors (Lipinski definition) is 4. The molecule has 0 bridgehead atoms. The van der Waals surface area contributed by atoms with E-state index in [1.165, 1.54) is 63.7 Å². The largest absolute Gasteiger partial charge is 0.496 e. The first-order chi connectivity index (χ1) is 12.6. The maximum Gasteiger partial charge on any atom is 0.163 e. The van der Waals surface area contributed by atoms with Crippen LogP contribution in [0.1, 0.15) is 62.2 Å². The van der Waals surface area contributed by atoms with Crippen molar-refractivity contribution in [3.63, 3.8) is 0 Å². The van der Waals surface area contributed by atoms with Gasteiger partial charge < -0.3 is 14.5 Å². The third-order valence-corrected chi connectivity index (χ3v) is 7.20. The number of hydrogen-bond donors (Lipinski definition) is 0. The van der Waals surface area contributed by atoms with E-state index in [0.717, 1.165) is 19.1 Å². The minimum Gasteiger partial charge on any atom is -0.496 e. The fourth-order valence-electron chi connectivity index (χ4n) is 5.02. The summed E-state index contributed by atoms with van der Waals surface area (Å²) in [5, 5.41) is 0. The molecule has 1 saturated carbocycles. The molecule has 4 rings (SSSR count). The highest BCUT2D eigenvalue weighted by Crippen LogP contribution is 2.44. The lowest BCUT2D eigenvalue weighted by molar-refractivity contribution is 0.0306. The Morgan fingerprint density at radius 1 is 1.08 bits per heavy atom. The Morgan fingerprint density at radius 3 is 2.27 bits per heavy atom. The average molecular weight is 357 g/mol. The number of anilines is 1. The molecule has 2 aliphatic heterocycles. The van der Waals surface area contributed by atoms with Crippen molar-refractivity contribution in [3.05, 3.63) is 23.8 Å². The highest BCUT2D eigenvalue weighted by Gasteiger charge is 2.39. The fraction of sp³-hybridized carbons (Fsp3) is 0.682. The molecule has 1 aromatic carbocycles. The van der Waals surface area contributed by atoms with Gasteiger partial charge in [0.15, 0.2) is 5.78 Å². The summed E-state index contributed by atoms with van der Waals surface area (Å²) in [6, 6.07) is 6.93. The zero-order valence-electron chi connectivity index (χ0n) is 16.3. The molecule has 2 saturated heterocycles. The smallest absolute Gasteiger partial charge is 0.163 e. The minimum atomic E-state index is 0.0595. The zero-order valence-corrected chi connectivity index (χ0v) is 16.3. The van der Waals surface area contributed by atoms with Crippen LogP contribution in [0.3, 0.4) is 0 Å². The Bertz CT molecular complexity index is 650. The van der Waals surface area contributed by atoms with Gasteiger partial charge in [-0.05, 0) is 76.1 Å². The first kappa shape index (κ1) is 17.8. The number of carbonyl (C=O) groups is 1. The van der Waals surface area contributed by atoms with E-state index >= 15 is 0 Å². The molecule has 1 spiro atoms. The first-order valence-electron chi connectivity index (χ1n) is 10.3. The maximum atomic E-state index is 11.7. The average Bonchev–Trinajstić information content (AvgIpc) is 2.62. The predicted molar refractivity (Wildman–Crippen MR) is 105 cm³/mol. The summed E-state index contributed by atoms with van der Waals surface area (Å²) in [6.07, 6.45) is 9.64. The van der Waals surface area contributed by atoms with Crippen LogP contribution >= 0.6 is 0 Å². The standard InChI is InChI=1S/C22H32N2O2/c1-17(25)20-7-6-19(16-21(20)26-2)24-14-10-22(11-15-24)8-12-23(13-9-22)18-4-3-5-18/h6-7,16,18H,3-5,8-15H2,1-2H3. The summed E-state index contributed by atoms with van der Waals surface area (Å²) >= 11 is 0. The van der Waals surface area contributed by atoms with Crippen molar-refractivity contribution in [2.45, 2.75) is 57.9 Å². The molecule has 4 nitrogen and oxygen atoms in total. The zero-order chi connectivity index (χ0) is 18.1. The van der Waals surface area contributed by atoms with E-state index in [9.17, 15) is 4.79 Å². The Hall–Kier alpha value is -1.55. The van der Waals surface area contributed by atoms with Crippen LogP contribution in [0.5, 0.6) is 5.75 Å². The van der Waals surface area contributed by atoms with E-state index in [0.29, 0.717) is 16.7 Å². The van der Waals surface area contributed by atoms with E-state index in [-0.39, 0.29) is 5.78 Å². The van der Waals surface area contributed by atoms with E-state index in [2.05, 4.69) is 15.9 Å². The Balaban J connectivity index is 1.37. The topological polar surface area (TPSA) is 32.8 Å². The quantitative estimate of drug-likeness (QED) is 0.760. The van der Waals surface area contributed by atoms with Gasteiger partial charge in [0.05, 0.1) is 12.7 Å². The molecule has 0 atom stereocenters. The number of ether oxygens (including phenoxy) is 1. The molecule has 3 fully saturated rings. The number of methoxy groups -OCH3 is 1. The number of nitrogens with zero attached hydrogens (tertiary/aromatic N) is 2. The van der Waals surface area contributed by atoms with Crippen LogP contribution in [0.15, 0.2) is 18.2 Å². The van der Waals surface area contributed by atoms with E-state index < -0.39 is 0 Å². The lowest BCUT2D eigenvalue weighted by Gasteiger charge is -2.50. The minimum absolute atomic E-state index is 0.0595. The van der Waals surface area contributed by atoms with Crippen molar-refractivity contribution in [2.75, 3.05) is 38.2 Å². The second kappa shape index (κ2) is 7.22. The van der Waals surface area contributed by atoms with Gasteiger partial charge in [-0.25, -0.2) is 0 Å². The normalized spacial score (nSPS) is 23.7. The van der Waals surface area contributed by atoms with Gasteiger partial charge in [-0.15, -0.1) is 0 Å². The number of carbonyl (C=O) groups excluding carboxylic acids is 1. The van der Waals surface area contributed by atoms with Gasteiger partial charge in [-0.1, -0.05) is 6.42 Å². The van der Waals surface area contributed by atoms with E-state index in [1.807, 2.05) is 12.1 Å². The maximum absolute atomic E-state index is 11.7. The lowest BCUT2D eigenvalue weighted by atomic mass is 9.70. The van der Waals surface area contributed by atoms with Crippen LogP contribution in [-0.4, -0.2) is 50.0 Å². The first-order valence-corrected chi connectivity index (χ1v) is 10.3. The van der Waals surface area contributed by atoms with Crippen molar-refractivity contribution in [3.8, 4) is 5.75 Å². The van der Waals surface area contributed by atoms with Gasteiger partial charge in [-0.2, -0.15) is 0 Å². The summed E-state index contributed by atoms with van der Waals surface area (Å²) in [4.78, 5) is 16.9. The van der Waals surface area contributed by atoms with Crippen LogP contribution in [0.25, 0.3) is 0 Å². The molecule has 142 valence electrons. The van der Waals surface area contributed by atoms with Crippen molar-refractivity contribution < 1.29 is 9.53 Å². The van der Waals surface area contributed by atoms with Crippen molar-refractivity contribution in [2.24, 2.45) is 5.41 Å². The molecule has 0 amide bonds. The molecule has 0 unspecified atom stereocenters. The number of likely N-dealkylation sites (tertiary alicyclic amines) is 1. The van der Waals surface area contributed by atoms with E-state index in [1.54, 1.807) is 14.0 Å². The molecule has 26 heavy (non-hydrogen) atoms. The molecule has 4 heteroatoms. The Kier molecular flexibility index (Phi) is 4.96. The van der Waals surface area contributed by atoms with E-state index in [4.69, 9.17) is 4.74 Å². The summed E-state index contributed by atoms with van der Waals surface area (Å²) < 4.78 is 5.45. The van der Waals surface area contributed by atoms with Crippen LogP contribution < -0.4 is 9.64 Å².